The Morgan fingerprint density at radius 2 is 1.82 bits per heavy atom. The summed E-state index contributed by atoms with van der Waals surface area (Å²) in [6.07, 6.45) is 0. The molecule has 144 valence electrons. The number of non-ortho nitro benzene ring substituents is 1. The Morgan fingerprint density at radius 3 is 2.46 bits per heavy atom. The monoisotopic (exact) mass is 400 g/mol. The van der Waals surface area contributed by atoms with E-state index in [1.807, 2.05) is 13.8 Å². The molecule has 10 heteroatoms. The van der Waals surface area contributed by atoms with E-state index in [-0.39, 0.29) is 22.1 Å². The first-order chi connectivity index (χ1) is 13.3. The molecule has 0 spiro atoms. The molecule has 0 aliphatic rings. The van der Waals surface area contributed by atoms with Gasteiger partial charge in [-0.15, -0.1) is 0 Å². The summed E-state index contributed by atoms with van der Waals surface area (Å²) in [5, 5.41) is 23.1. The van der Waals surface area contributed by atoms with Crippen molar-refractivity contribution in [3.8, 4) is 0 Å². The Balaban J connectivity index is 2.18. The van der Waals surface area contributed by atoms with Gasteiger partial charge in [0.25, 0.3) is 16.9 Å². The third-order valence-corrected chi connectivity index (χ3v) is 4.98. The fourth-order valence-electron chi connectivity index (χ4n) is 2.70. The highest BCUT2D eigenvalue weighted by molar-refractivity contribution is 7.99. The number of benzene rings is 2. The van der Waals surface area contributed by atoms with Crippen LogP contribution in [0.15, 0.2) is 57.3 Å². The molecule has 0 saturated carbocycles. The van der Waals surface area contributed by atoms with Crippen LogP contribution < -0.4 is 5.56 Å². The fraction of sp³-hybridized carbons (Fsp3) is 0.222. The first-order valence-corrected chi connectivity index (χ1v) is 9.20. The summed E-state index contributed by atoms with van der Waals surface area (Å²) in [5.41, 5.74) is -0.522. The molecule has 1 heterocycles. The van der Waals surface area contributed by atoms with Crippen molar-refractivity contribution in [2.24, 2.45) is 5.92 Å². The van der Waals surface area contributed by atoms with Crippen LogP contribution in [0.5, 0.6) is 0 Å². The molecule has 9 nitrogen and oxygen atoms in total. The molecule has 2 aromatic carbocycles. The van der Waals surface area contributed by atoms with Crippen molar-refractivity contribution < 1.29 is 9.85 Å². The average molecular weight is 400 g/mol. The number of nitrogens with zero attached hydrogens (tertiary/aromatic N) is 4. The highest BCUT2D eigenvalue weighted by Gasteiger charge is 2.22. The lowest BCUT2D eigenvalue weighted by Gasteiger charge is -2.14. The number of hydrogen-bond acceptors (Lipinski definition) is 7. The van der Waals surface area contributed by atoms with Gasteiger partial charge in [-0.1, -0.05) is 26.0 Å². The lowest BCUT2D eigenvalue weighted by molar-refractivity contribution is -0.396. The lowest BCUT2D eigenvalue weighted by Crippen LogP contribution is -2.25. The minimum Gasteiger partial charge on any atom is -0.287 e. The number of fused-ring (bicyclic) bond motifs is 1. The third kappa shape index (κ3) is 3.86. The molecule has 0 fully saturated rings. The largest absolute Gasteiger partial charge is 0.290 e. The molecule has 0 amide bonds. The van der Waals surface area contributed by atoms with Gasteiger partial charge in [0.05, 0.1) is 31.7 Å². The highest BCUT2D eigenvalue weighted by Crippen LogP contribution is 2.36. The van der Waals surface area contributed by atoms with Crippen molar-refractivity contribution in [3.05, 3.63) is 73.0 Å². The van der Waals surface area contributed by atoms with Gasteiger partial charge in [0.2, 0.25) is 0 Å². The maximum Gasteiger partial charge on any atom is 0.290 e. The summed E-state index contributed by atoms with van der Waals surface area (Å²) in [5.74, 6) is 0.145. The van der Waals surface area contributed by atoms with Gasteiger partial charge in [0.1, 0.15) is 0 Å². The van der Waals surface area contributed by atoms with E-state index < -0.39 is 15.5 Å². The Morgan fingerprint density at radius 1 is 1.11 bits per heavy atom. The van der Waals surface area contributed by atoms with Gasteiger partial charge >= 0.3 is 0 Å². The van der Waals surface area contributed by atoms with E-state index in [1.54, 1.807) is 24.3 Å². The molecule has 1 aromatic heterocycles. The molecule has 0 radical (unpaired) electrons. The fourth-order valence-corrected chi connectivity index (χ4v) is 3.68. The third-order valence-electron chi connectivity index (χ3n) is 3.93. The first-order valence-electron chi connectivity index (χ1n) is 8.38. The van der Waals surface area contributed by atoms with Crippen molar-refractivity contribution in [1.82, 2.24) is 9.55 Å². The Labute approximate surface area is 163 Å². The SMILES string of the molecule is CC(C)Cn1c(Sc2ccc([N+](=O)[O-])cc2[N+](=O)[O-])nc2ccccc2c1=O. The second-order valence-corrected chi connectivity index (χ2v) is 7.50. The highest BCUT2D eigenvalue weighted by atomic mass is 32.2. The number of aromatic nitrogens is 2. The maximum absolute atomic E-state index is 12.9. The van der Waals surface area contributed by atoms with E-state index in [0.717, 1.165) is 17.8 Å². The Bertz CT molecular complexity index is 1140. The van der Waals surface area contributed by atoms with Crippen molar-refractivity contribution in [3.63, 3.8) is 0 Å². The zero-order valence-electron chi connectivity index (χ0n) is 15.1. The molecule has 28 heavy (non-hydrogen) atoms. The molecule has 0 bridgehead atoms. The van der Waals surface area contributed by atoms with Crippen molar-refractivity contribution >= 4 is 34.0 Å². The van der Waals surface area contributed by atoms with Crippen LogP contribution in [0.25, 0.3) is 10.9 Å². The van der Waals surface area contributed by atoms with Crippen LogP contribution in [-0.4, -0.2) is 19.4 Å². The predicted octanol–water partition coefficient (Wildman–Crippen LogP) is 4.02. The molecular formula is C18H16N4O5S. The standard InChI is InChI=1S/C18H16N4O5S/c1-11(2)10-20-17(23)13-5-3-4-6-14(13)19-18(20)28-16-8-7-12(21(24)25)9-15(16)22(26)27/h3-9,11H,10H2,1-2H3. The normalized spacial score (nSPS) is 11.1. The molecule has 0 unspecified atom stereocenters. The zero-order valence-corrected chi connectivity index (χ0v) is 15.9. The van der Waals surface area contributed by atoms with Gasteiger partial charge in [-0.05, 0) is 35.9 Å². The Kier molecular flexibility index (Phi) is 5.41. The van der Waals surface area contributed by atoms with Crippen LogP contribution in [0.4, 0.5) is 11.4 Å². The van der Waals surface area contributed by atoms with Gasteiger partial charge in [-0.25, -0.2) is 4.98 Å². The molecule has 3 aromatic rings. The average Bonchev–Trinajstić information content (AvgIpc) is 2.64. The van der Waals surface area contributed by atoms with Crippen molar-refractivity contribution in [2.45, 2.75) is 30.4 Å². The van der Waals surface area contributed by atoms with E-state index in [1.165, 1.54) is 16.7 Å². The van der Waals surface area contributed by atoms with E-state index >= 15 is 0 Å². The van der Waals surface area contributed by atoms with E-state index in [0.29, 0.717) is 22.6 Å². The van der Waals surface area contributed by atoms with Crippen LogP contribution in [0.1, 0.15) is 13.8 Å². The smallest absolute Gasteiger partial charge is 0.287 e. The molecule has 0 aliphatic carbocycles. The number of rotatable bonds is 6. The van der Waals surface area contributed by atoms with E-state index in [4.69, 9.17) is 0 Å². The molecule has 0 saturated heterocycles. The summed E-state index contributed by atoms with van der Waals surface area (Å²) < 4.78 is 1.49. The van der Waals surface area contributed by atoms with Gasteiger partial charge in [0.15, 0.2) is 5.16 Å². The van der Waals surface area contributed by atoms with Crippen molar-refractivity contribution in [2.75, 3.05) is 0 Å². The Hall–Kier alpha value is -3.27. The predicted molar refractivity (Wildman–Crippen MR) is 105 cm³/mol. The van der Waals surface area contributed by atoms with E-state index in [9.17, 15) is 25.0 Å². The van der Waals surface area contributed by atoms with Crippen LogP contribution in [-0.2, 0) is 6.54 Å². The van der Waals surface area contributed by atoms with Crippen LogP contribution >= 0.6 is 11.8 Å². The quantitative estimate of drug-likeness (QED) is 0.348. The van der Waals surface area contributed by atoms with E-state index in [2.05, 4.69) is 4.98 Å². The molecule has 0 atom stereocenters. The minimum absolute atomic E-state index is 0.145. The van der Waals surface area contributed by atoms with Gasteiger partial charge in [0, 0.05) is 12.6 Å². The van der Waals surface area contributed by atoms with Crippen LogP contribution in [0, 0.1) is 26.1 Å². The molecule has 3 rings (SSSR count). The summed E-state index contributed by atoms with van der Waals surface area (Å²) in [4.78, 5) is 38.6. The van der Waals surface area contributed by atoms with Gasteiger partial charge < -0.3 is 0 Å². The number of hydrogen-bond donors (Lipinski definition) is 0. The lowest BCUT2D eigenvalue weighted by atomic mass is 10.2. The summed E-state index contributed by atoms with van der Waals surface area (Å²) in [6.45, 7) is 4.29. The zero-order chi connectivity index (χ0) is 20.4. The van der Waals surface area contributed by atoms with Crippen LogP contribution in [0.2, 0.25) is 0 Å². The summed E-state index contributed by atoms with van der Waals surface area (Å²) in [7, 11) is 0. The van der Waals surface area contributed by atoms with Crippen LogP contribution in [0.3, 0.4) is 0 Å². The number of nitro groups is 2. The van der Waals surface area contributed by atoms with Crippen molar-refractivity contribution in [1.29, 1.82) is 0 Å². The minimum atomic E-state index is -0.690. The van der Waals surface area contributed by atoms with Gasteiger partial charge in [-0.3, -0.25) is 29.6 Å². The maximum atomic E-state index is 12.9. The number of para-hydroxylation sites is 1. The van der Waals surface area contributed by atoms with Gasteiger partial charge in [-0.2, -0.15) is 0 Å². The summed E-state index contributed by atoms with van der Waals surface area (Å²) >= 11 is 0.948. The molecular weight excluding hydrogens is 384 g/mol. The summed E-state index contributed by atoms with van der Waals surface area (Å²) in [6, 6.07) is 10.3. The second kappa shape index (κ2) is 7.77. The molecule has 0 aliphatic heterocycles. The molecule has 0 N–H and O–H groups in total. The second-order valence-electron chi connectivity index (χ2n) is 6.49. The number of nitro benzene ring substituents is 2. The topological polar surface area (TPSA) is 121 Å². The first kappa shape index (κ1) is 19.5.